The van der Waals surface area contributed by atoms with E-state index in [-0.39, 0.29) is 17.8 Å². The van der Waals surface area contributed by atoms with E-state index < -0.39 is 0 Å². The van der Waals surface area contributed by atoms with E-state index in [0.29, 0.717) is 48.9 Å². The van der Waals surface area contributed by atoms with Crippen LogP contribution in [0, 0.1) is 24.7 Å². The molecule has 8 nitrogen and oxygen atoms in total. The zero-order valence-corrected chi connectivity index (χ0v) is 19.5. The SMILES string of the molecule is CCOc1ccc(C#Cc2c(Cl)nc(NCCOC)nc2N[C@H]2CC[C@@H](CO)C2)c(C)n1. The molecule has 0 bridgehead atoms. The van der Waals surface area contributed by atoms with Crippen LogP contribution in [0.15, 0.2) is 12.1 Å². The summed E-state index contributed by atoms with van der Waals surface area (Å²) < 4.78 is 10.5. The molecular weight excluding hydrogens is 430 g/mol. The molecule has 0 aromatic carbocycles. The van der Waals surface area contributed by atoms with Gasteiger partial charge in [0.15, 0.2) is 5.15 Å². The molecule has 1 aliphatic rings. The van der Waals surface area contributed by atoms with Crippen LogP contribution in [0.4, 0.5) is 11.8 Å². The molecule has 1 fully saturated rings. The average Bonchev–Trinajstić information content (AvgIpc) is 3.22. The molecule has 0 amide bonds. The van der Waals surface area contributed by atoms with Gasteiger partial charge in [-0.25, -0.2) is 4.98 Å². The largest absolute Gasteiger partial charge is 0.478 e. The lowest BCUT2D eigenvalue weighted by Gasteiger charge is -2.16. The van der Waals surface area contributed by atoms with Gasteiger partial charge in [0.05, 0.1) is 18.9 Å². The number of aliphatic hydroxyl groups is 1. The molecule has 32 heavy (non-hydrogen) atoms. The fraction of sp³-hybridized carbons (Fsp3) is 0.522. The van der Waals surface area contributed by atoms with Crippen LogP contribution < -0.4 is 15.4 Å². The molecule has 1 saturated carbocycles. The Morgan fingerprint density at radius 1 is 1.22 bits per heavy atom. The first kappa shape index (κ1) is 24.1. The van der Waals surface area contributed by atoms with Gasteiger partial charge in [0.1, 0.15) is 11.4 Å². The van der Waals surface area contributed by atoms with E-state index in [1.54, 1.807) is 13.2 Å². The van der Waals surface area contributed by atoms with Crippen molar-refractivity contribution in [1.82, 2.24) is 15.0 Å². The Balaban J connectivity index is 1.89. The van der Waals surface area contributed by atoms with E-state index in [0.717, 1.165) is 30.5 Å². The maximum Gasteiger partial charge on any atom is 0.226 e. The van der Waals surface area contributed by atoms with E-state index in [1.165, 1.54) is 0 Å². The first-order chi connectivity index (χ1) is 15.5. The molecule has 0 aliphatic heterocycles. The van der Waals surface area contributed by atoms with Crippen LogP contribution in [0.5, 0.6) is 5.88 Å². The fourth-order valence-electron chi connectivity index (χ4n) is 3.59. The second kappa shape index (κ2) is 11.9. The summed E-state index contributed by atoms with van der Waals surface area (Å²) >= 11 is 6.52. The minimum Gasteiger partial charge on any atom is -0.478 e. The number of nitrogens with zero attached hydrogens (tertiary/aromatic N) is 3. The number of ether oxygens (including phenoxy) is 2. The average molecular weight is 460 g/mol. The predicted octanol–water partition coefficient (Wildman–Crippen LogP) is 3.26. The van der Waals surface area contributed by atoms with Gasteiger partial charge in [-0.05, 0) is 45.1 Å². The Bertz CT molecular complexity index is 976. The Morgan fingerprint density at radius 3 is 2.75 bits per heavy atom. The number of aliphatic hydroxyl groups excluding tert-OH is 1. The van der Waals surface area contributed by atoms with Gasteiger partial charge in [0.2, 0.25) is 11.8 Å². The van der Waals surface area contributed by atoms with Crippen LogP contribution in [0.25, 0.3) is 0 Å². The molecule has 2 aromatic heterocycles. The summed E-state index contributed by atoms with van der Waals surface area (Å²) in [6.45, 7) is 5.65. The minimum atomic E-state index is 0.194. The lowest BCUT2D eigenvalue weighted by atomic mass is 10.1. The van der Waals surface area contributed by atoms with Crippen molar-refractivity contribution in [2.45, 2.75) is 39.2 Å². The van der Waals surface area contributed by atoms with E-state index in [2.05, 4.69) is 37.4 Å². The molecule has 1 aliphatic carbocycles. The normalized spacial score (nSPS) is 17.5. The van der Waals surface area contributed by atoms with Gasteiger partial charge in [-0.15, -0.1) is 0 Å². The van der Waals surface area contributed by atoms with E-state index in [1.807, 2.05) is 19.9 Å². The molecule has 0 saturated heterocycles. The second-order valence-corrected chi connectivity index (χ2v) is 8.01. The van der Waals surface area contributed by atoms with Gasteiger partial charge in [0.25, 0.3) is 0 Å². The van der Waals surface area contributed by atoms with Crippen LogP contribution in [-0.2, 0) is 4.74 Å². The minimum absolute atomic E-state index is 0.194. The van der Waals surface area contributed by atoms with Gasteiger partial charge in [0, 0.05) is 37.9 Å². The summed E-state index contributed by atoms with van der Waals surface area (Å²) in [5.41, 5.74) is 2.08. The second-order valence-electron chi connectivity index (χ2n) is 7.65. The van der Waals surface area contributed by atoms with Gasteiger partial charge >= 0.3 is 0 Å². The highest BCUT2D eigenvalue weighted by atomic mass is 35.5. The highest BCUT2D eigenvalue weighted by molar-refractivity contribution is 6.31. The molecule has 3 rings (SSSR count). The summed E-state index contributed by atoms with van der Waals surface area (Å²) in [7, 11) is 1.64. The molecule has 0 radical (unpaired) electrons. The third kappa shape index (κ3) is 6.45. The predicted molar refractivity (Wildman–Crippen MR) is 125 cm³/mol. The quantitative estimate of drug-likeness (QED) is 0.298. The van der Waals surface area contributed by atoms with E-state index >= 15 is 0 Å². The molecule has 2 aromatic rings. The topological polar surface area (TPSA) is 101 Å². The van der Waals surface area contributed by atoms with E-state index in [4.69, 9.17) is 21.1 Å². The van der Waals surface area contributed by atoms with Crippen molar-refractivity contribution in [3.63, 3.8) is 0 Å². The number of halogens is 1. The molecule has 172 valence electrons. The lowest BCUT2D eigenvalue weighted by Crippen LogP contribution is -2.19. The maximum absolute atomic E-state index is 9.47. The summed E-state index contributed by atoms with van der Waals surface area (Å²) in [6, 6.07) is 3.87. The monoisotopic (exact) mass is 459 g/mol. The fourth-order valence-corrected chi connectivity index (χ4v) is 3.80. The van der Waals surface area contributed by atoms with Gasteiger partial charge in [-0.2, -0.15) is 9.97 Å². The molecule has 0 unspecified atom stereocenters. The maximum atomic E-state index is 9.47. The number of anilines is 2. The van der Waals surface area contributed by atoms with Crippen molar-refractivity contribution in [2.75, 3.05) is 44.1 Å². The van der Waals surface area contributed by atoms with Crippen molar-refractivity contribution in [2.24, 2.45) is 5.92 Å². The molecule has 2 atom stereocenters. The first-order valence-electron chi connectivity index (χ1n) is 10.8. The van der Waals surface area contributed by atoms with Gasteiger partial charge < -0.3 is 25.2 Å². The number of rotatable bonds is 9. The van der Waals surface area contributed by atoms with Gasteiger partial charge in [-0.1, -0.05) is 23.4 Å². The summed E-state index contributed by atoms with van der Waals surface area (Å²) in [5, 5.41) is 16.3. The van der Waals surface area contributed by atoms with Crippen molar-refractivity contribution < 1.29 is 14.6 Å². The van der Waals surface area contributed by atoms with Crippen LogP contribution in [0.2, 0.25) is 5.15 Å². The number of hydrogen-bond donors (Lipinski definition) is 3. The van der Waals surface area contributed by atoms with Crippen molar-refractivity contribution in [1.29, 1.82) is 0 Å². The highest BCUT2D eigenvalue weighted by Gasteiger charge is 2.25. The van der Waals surface area contributed by atoms with Crippen LogP contribution in [0.3, 0.4) is 0 Å². The molecule has 2 heterocycles. The van der Waals surface area contributed by atoms with Crippen LogP contribution >= 0.6 is 11.6 Å². The van der Waals surface area contributed by atoms with Crippen LogP contribution in [-0.4, -0.2) is 59.6 Å². The summed E-state index contributed by atoms with van der Waals surface area (Å²) in [6.07, 6.45) is 2.80. The summed E-state index contributed by atoms with van der Waals surface area (Å²) in [4.78, 5) is 13.4. The number of aromatic nitrogens is 3. The Kier molecular flexibility index (Phi) is 8.91. The Labute approximate surface area is 194 Å². The smallest absolute Gasteiger partial charge is 0.226 e. The number of methoxy groups -OCH3 is 1. The number of pyridine rings is 1. The Morgan fingerprint density at radius 2 is 2.06 bits per heavy atom. The third-order valence-electron chi connectivity index (χ3n) is 5.27. The molecule has 9 heteroatoms. The van der Waals surface area contributed by atoms with E-state index in [9.17, 15) is 5.11 Å². The number of aryl methyl sites for hydroxylation is 1. The number of nitrogens with one attached hydrogen (secondary N) is 2. The van der Waals surface area contributed by atoms with Crippen LogP contribution in [0.1, 0.15) is 43.0 Å². The zero-order valence-electron chi connectivity index (χ0n) is 18.7. The Hall–Kier alpha value is -2.60. The lowest BCUT2D eigenvalue weighted by molar-refractivity contribution is 0.210. The van der Waals surface area contributed by atoms with Crippen molar-refractivity contribution in [3.05, 3.63) is 34.1 Å². The molecule has 0 spiro atoms. The highest BCUT2D eigenvalue weighted by Crippen LogP contribution is 2.30. The summed E-state index contributed by atoms with van der Waals surface area (Å²) in [5.74, 6) is 8.15. The molecular formula is C23H30ClN5O3. The first-order valence-corrected chi connectivity index (χ1v) is 11.2. The molecule has 3 N–H and O–H groups in total. The zero-order chi connectivity index (χ0) is 22.9. The number of hydrogen-bond acceptors (Lipinski definition) is 8. The van der Waals surface area contributed by atoms with Crippen molar-refractivity contribution in [3.8, 4) is 17.7 Å². The third-order valence-corrected chi connectivity index (χ3v) is 5.54. The van der Waals surface area contributed by atoms with Gasteiger partial charge in [-0.3, -0.25) is 0 Å². The van der Waals surface area contributed by atoms with Crippen molar-refractivity contribution >= 4 is 23.4 Å². The standard InChI is InChI=1S/C23H30ClN5O3/c1-4-32-20-10-7-17(15(2)26-20)6-9-19-21(24)28-23(25-11-12-31-3)29-22(19)27-18-8-5-16(13-18)14-30/h7,10,16,18,30H,4-5,8,11-14H2,1-3H3,(H2,25,27,28,29)/t16-,18+/m1/s1.